The minimum Gasteiger partial charge on any atom is -0.316 e. The van der Waals surface area contributed by atoms with Gasteiger partial charge in [-0.2, -0.15) is 0 Å². The fraction of sp³-hybridized carbons (Fsp3) is 0.412. The van der Waals surface area contributed by atoms with Crippen molar-refractivity contribution in [2.45, 2.75) is 26.2 Å². The molecular weight excluding hydrogens is 248 g/mol. The summed E-state index contributed by atoms with van der Waals surface area (Å²) in [6.45, 7) is 3.90. The molecule has 1 aromatic heterocycles. The van der Waals surface area contributed by atoms with Crippen molar-refractivity contribution in [3.05, 3.63) is 42.1 Å². The third kappa shape index (κ3) is 2.22. The van der Waals surface area contributed by atoms with Crippen LogP contribution in [0.15, 0.2) is 36.5 Å². The molecular formula is C17H20N2O. The first-order valence-electron chi connectivity index (χ1n) is 7.35. The van der Waals surface area contributed by atoms with Crippen LogP contribution >= 0.6 is 0 Å². The number of carbonyl (C=O) groups is 1. The number of aromatic nitrogens is 1. The van der Waals surface area contributed by atoms with Crippen LogP contribution in [0.1, 0.15) is 36.5 Å². The SMILES string of the molecule is CCCC1(C(=O)c2ccc3cccnc3c2)CCNC1. The van der Waals surface area contributed by atoms with Crippen molar-refractivity contribution in [3.63, 3.8) is 0 Å². The van der Waals surface area contributed by atoms with Gasteiger partial charge in [-0.3, -0.25) is 9.78 Å². The van der Waals surface area contributed by atoms with Crippen molar-refractivity contribution in [1.29, 1.82) is 0 Å². The molecule has 2 heterocycles. The third-order valence-corrected chi connectivity index (χ3v) is 4.32. The van der Waals surface area contributed by atoms with Crippen LogP contribution in [-0.2, 0) is 0 Å². The molecule has 0 bridgehead atoms. The van der Waals surface area contributed by atoms with E-state index < -0.39 is 0 Å². The molecule has 0 radical (unpaired) electrons. The molecule has 1 fully saturated rings. The Labute approximate surface area is 119 Å². The Morgan fingerprint density at radius 2 is 2.30 bits per heavy atom. The van der Waals surface area contributed by atoms with E-state index in [-0.39, 0.29) is 11.2 Å². The molecule has 0 spiro atoms. The van der Waals surface area contributed by atoms with Crippen LogP contribution in [-0.4, -0.2) is 23.9 Å². The van der Waals surface area contributed by atoms with Crippen molar-refractivity contribution in [2.75, 3.05) is 13.1 Å². The van der Waals surface area contributed by atoms with E-state index in [0.717, 1.165) is 48.8 Å². The molecule has 0 amide bonds. The standard InChI is InChI=1S/C17H20N2O/c1-2-7-17(8-10-18-12-17)16(20)14-6-5-13-4-3-9-19-15(13)11-14/h3-6,9,11,18H,2,7-8,10,12H2,1H3. The van der Waals surface area contributed by atoms with Gasteiger partial charge in [-0.05, 0) is 31.5 Å². The highest BCUT2D eigenvalue weighted by atomic mass is 16.1. The lowest BCUT2D eigenvalue weighted by molar-refractivity contribution is 0.0802. The first-order valence-corrected chi connectivity index (χ1v) is 7.35. The predicted octanol–water partition coefficient (Wildman–Crippen LogP) is 3.20. The van der Waals surface area contributed by atoms with E-state index in [1.54, 1.807) is 6.20 Å². The normalized spacial score (nSPS) is 22.2. The lowest BCUT2D eigenvalue weighted by Crippen LogP contribution is -2.33. The summed E-state index contributed by atoms with van der Waals surface area (Å²) in [7, 11) is 0. The molecule has 3 nitrogen and oxygen atoms in total. The van der Waals surface area contributed by atoms with Gasteiger partial charge in [0, 0.05) is 29.1 Å². The number of rotatable bonds is 4. The van der Waals surface area contributed by atoms with Gasteiger partial charge in [0.1, 0.15) is 0 Å². The molecule has 2 aromatic rings. The molecule has 104 valence electrons. The Kier molecular flexibility index (Phi) is 3.53. The molecule has 1 N–H and O–H groups in total. The van der Waals surface area contributed by atoms with E-state index >= 15 is 0 Å². The summed E-state index contributed by atoms with van der Waals surface area (Å²) in [6, 6.07) is 9.83. The summed E-state index contributed by atoms with van der Waals surface area (Å²) >= 11 is 0. The van der Waals surface area contributed by atoms with Crippen molar-refractivity contribution >= 4 is 16.7 Å². The van der Waals surface area contributed by atoms with E-state index in [9.17, 15) is 4.79 Å². The molecule has 3 rings (SSSR count). The van der Waals surface area contributed by atoms with Gasteiger partial charge in [0.25, 0.3) is 0 Å². The Bertz CT molecular complexity index is 630. The van der Waals surface area contributed by atoms with Crippen LogP contribution in [0.5, 0.6) is 0 Å². The predicted molar refractivity (Wildman–Crippen MR) is 80.9 cm³/mol. The number of hydrogen-bond donors (Lipinski definition) is 1. The van der Waals surface area contributed by atoms with Crippen molar-refractivity contribution in [1.82, 2.24) is 10.3 Å². The largest absolute Gasteiger partial charge is 0.316 e. The van der Waals surface area contributed by atoms with E-state index in [1.165, 1.54) is 0 Å². The monoisotopic (exact) mass is 268 g/mol. The second-order valence-electron chi connectivity index (χ2n) is 5.70. The molecule has 1 aromatic carbocycles. The maximum atomic E-state index is 12.9. The highest BCUT2D eigenvalue weighted by Gasteiger charge is 2.40. The van der Waals surface area contributed by atoms with E-state index in [2.05, 4.69) is 17.2 Å². The Morgan fingerprint density at radius 1 is 1.40 bits per heavy atom. The zero-order valence-corrected chi connectivity index (χ0v) is 11.9. The number of fused-ring (bicyclic) bond motifs is 1. The minimum absolute atomic E-state index is 0.211. The van der Waals surface area contributed by atoms with E-state index in [4.69, 9.17) is 0 Å². The number of pyridine rings is 1. The van der Waals surface area contributed by atoms with Gasteiger partial charge in [-0.15, -0.1) is 0 Å². The van der Waals surface area contributed by atoms with Gasteiger partial charge < -0.3 is 5.32 Å². The zero-order chi connectivity index (χ0) is 14.0. The average molecular weight is 268 g/mol. The summed E-state index contributed by atoms with van der Waals surface area (Å²) in [5.41, 5.74) is 1.49. The topological polar surface area (TPSA) is 42.0 Å². The summed E-state index contributed by atoms with van der Waals surface area (Å²) in [4.78, 5) is 17.3. The molecule has 1 atom stereocenters. The second kappa shape index (κ2) is 5.33. The zero-order valence-electron chi connectivity index (χ0n) is 11.9. The number of nitrogens with zero attached hydrogens (tertiary/aromatic N) is 1. The summed E-state index contributed by atoms with van der Waals surface area (Å²) in [5, 5.41) is 4.43. The molecule has 1 aliphatic rings. The van der Waals surface area contributed by atoms with Crippen LogP contribution in [0.4, 0.5) is 0 Å². The lowest BCUT2D eigenvalue weighted by Gasteiger charge is -2.26. The number of ketones is 1. The maximum Gasteiger partial charge on any atom is 0.170 e. The number of carbonyl (C=O) groups excluding carboxylic acids is 1. The number of benzene rings is 1. The molecule has 0 saturated carbocycles. The summed E-state index contributed by atoms with van der Waals surface area (Å²) < 4.78 is 0. The quantitative estimate of drug-likeness (QED) is 0.866. The second-order valence-corrected chi connectivity index (χ2v) is 5.70. The van der Waals surface area contributed by atoms with Crippen LogP contribution in [0.25, 0.3) is 10.9 Å². The van der Waals surface area contributed by atoms with Gasteiger partial charge in [0.05, 0.1) is 5.52 Å². The Balaban J connectivity index is 1.98. The maximum absolute atomic E-state index is 12.9. The smallest absolute Gasteiger partial charge is 0.170 e. The minimum atomic E-state index is -0.211. The first kappa shape index (κ1) is 13.3. The highest BCUT2D eigenvalue weighted by molar-refractivity contribution is 6.03. The first-order chi connectivity index (χ1) is 9.75. The summed E-state index contributed by atoms with van der Waals surface area (Å²) in [6.07, 6.45) is 4.72. The third-order valence-electron chi connectivity index (χ3n) is 4.32. The van der Waals surface area contributed by atoms with Crippen LogP contribution in [0.2, 0.25) is 0 Å². The van der Waals surface area contributed by atoms with Crippen LogP contribution in [0, 0.1) is 5.41 Å². The summed E-state index contributed by atoms with van der Waals surface area (Å²) in [5.74, 6) is 0.275. The van der Waals surface area contributed by atoms with Gasteiger partial charge in [-0.25, -0.2) is 0 Å². The van der Waals surface area contributed by atoms with E-state index in [0.29, 0.717) is 0 Å². The van der Waals surface area contributed by atoms with Crippen LogP contribution in [0.3, 0.4) is 0 Å². The Hall–Kier alpha value is -1.74. The molecule has 20 heavy (non-hydrogen) atoms. The fourth-order valence-corrected chi connectivity index (χ4v) is 3.26. The molecule has 1 unspecified atom stereocenters. The van der Waals surface area contributed by atoms with Gasteiger partial charge in [0.2, 0.25) is 0 Å². The number of nitrogens with one attached hydrogen (secondary N) is 1. The van der Waals surface area contributed by atoms with Gasteiger partial charge >= 0.3 is 0 Å². The van der Waals surface area contributed by atoms with Gasteiger partial charge in [-0.1, -0.05) is 31.5 Å². The average Bonchev–Trinajstić information content (AvgIpc) is 2.96. The molecule has 1 saturated heterocycles. The van der Waals surface area contributed by atoms with E-state index in [1.807, 2.05) is 30.3 Å². The van der Waals surface area contributed by atoms with Crippen molar-refractivity contribution in [2.24, 2.45) is 5.41 Å². The molecule has 1 aliphatic heterocycles. The Morgan fingerprint density at radius 3 is 3.05 bits per heavy atom. The van der Waals surface area contributed by atoms with Crippen molar-refractivity contribution in [3.8, 4) is 0 Å². The number of hydrogen-bond acceptors (Lipinski definition) is 3. The fourth-order valence-electron chi connectivity index (χ4n) is 3.26. The van der Waals surface area contributed by atoms with Crippen LogP contribution < -0.4 is 5.32 Å². The number of Topliss-reactive ketones (excluding diaryl/α,β-unsaturated/α-hetero) is 1. The van der Waals surface area contributed by atoms with Gasteiger partial charge in [0.15, 0.2) is 5.78 Å². The van der Waals surface area contributed by atoms with Crippen molar-refractivity contribution < 1.29 is 4.79 Å². The highest BCUT2D eigenvalue weighted by Crippen LogP contribution is 2.35. The molecule has 3 heteroatoms. The molecule has 0 aliphatic carbocycles. The lowest BCUT2D eigenvalue weighted by atomic mass is 9.76.